The summed E-state index contributed by atoms with van der Waals surface area (Å²) in [6, 6.07) is 13.9. The molecule has 4 rings (SSSR count). The lowest BCUT2D eigenvalue weighted by molar-refractivity contribution is -0.556. The van der Waals surface area contributed by atoms with Crippen LogP contribution >= 0.6 is 0 Å². The number of hydrogen-bond acceptors (Lipinski definition) is 4. The maximum absolute atomic E-state index is 12.4. The van der Waals surface area contributed by atoms with Crippen molar-refractivity contribution >= 4 is 22.9 Å². The standard InChI is InChI=1S/C20H18N2O3/c1-24-18-8-7-13(11-19(18)25-2)22-12-16-14(9-10-21-20(16)23)15-5-3-4-6-17(15)22/h3-9,11-12H,10H2,1-2H3,(H,21,23)/p+1. The normalized spacial score (nSPS) is 15.8. The molecule has 0 saturated carbocycles. The van der Waals surface area contributed by atoms with E-state index in [-0.39, 0.29) is 5.91 Å². The number of carbonyl (C=O) groups excluding carboxylic acids is 1. The van der Waals surface area contributed by atoms with E-state index in [2.05, 4.69) is 18.2 Å². The number of nitrogens with two attached hydrogens (primary N) is 1. The van der Waals surface area contributed by atoms with Gasteiger partial charge in [0.25, 0.3) is 0 Å². The van der Waals surface area contributed by atoms with Crippen LogP contribution in [0.5, 0.6) is 11.5 Å². The largest absolute Gasteiger partial charge is 0.493 e. The van der Waals surface area contributed by atoms with Gasteiger partial charge in [-0.1, -0.05) is 18.2 Å². The monoisotopic (exact) mass is 335 g/mol. The number of fused-ring (bicyclic) bond motifs is 3. The van der Waals surface area contributed by atoms with Gasteiger partial charge in [0.2, 0.25) is 0 Å². The van der Waals surface area contributed by atoms with Gasteiger partial charge in [-0.25, -0.2) is 4.79 Å². The second-order valence-electron chi connectivity index (χ2n) is 5.89. The number of benzene rings is 2. The van der Waals surface area contributed by atoms with E-state index in [4.69, 9.17) is 9.47 Å². The number of para-hydroxylation sites is 1. The van der Waals surface area contributed by atoms with Crippen molar-refractivity contribution in [1.82, 2.24) is 0 Å². The Labute approximate surface area is 146 Å². The van der Waals surface area contributed by atoms with Gasteiger partial charge in [-0.05, 0) is 24.3 Å². The van der Waals surface area contributed by atoms with Crippen LogP contribution < -0.4 is 19.7 Å². The van der Waals surface area contributed by atoms with Gasteiger partial charge in [0.05, 0.1) is 19.9 Å². The quantitative estimate of drug-likeness (QED) is 0.934. The Kier molecular flexibility index (Phi) is 3.78. The van der Waals surface area contributed by atoms with E-state index >= 15 is 0 Å². The predicted octanol–water partition coefficient (Wildman–Crippen LogP) is 2.23. The van der Waals surface area contributed by atoms with Gasteiger partial charge in [0, 0.05) is 29.1 Å². The summed E-state index contributed by atoms with van der Waals surface area (Å²) in [4.78, 5) is 14.4. The number of primary amides is 1. The van der Waals surface area contributed by atoms with Gasteiger partial charge >= 0.3 is 5.91 Å². The fourth-order valence-electron chi connectivity index (χ4n) is 3.32. The summed E-state index contributed by atoms with van der Waals surface area (Å²) in [6.07, 6.45) is 4.02. The molecule has 2 aliphatic heterocycles. The van der Waals surface area contributed by atoms with E-state index in [0.29, 0.717) is 18.0 Å². The fraction of sp³-hybridized carbons (Fsp3) is 0.150. The molecule has 0 bridgehead atoms. The van der Waals surface area contributed by atoms with E-state index in [1.807, 2.05) is 41.4 Å². The second kappa shape index (κ2) is 6.11. The van der Waals surface area contributed by atoms with Crippen LogP contribution in [0.15, 0.2) is 60.3 Å². The number of rotatable bonds is 3. The molecule has 25 heavy (non-hydrogen) atoms. The van der Waals surface area contributed by atoms with Crippen LogP contribution in [0.4, 0.5) is 11.4 Å². The van der Waals surface area contributed by atoms with Crippen molar-refractivity contribution in [3.05, 3.63) is 65.9 Å². The van der Waals surface area contributed by atoms with Crippen molar-refractivity contribution < 1.29 is 19.6 Å². The molecule has 2 N–H and O–H groups in total. The molecule has 1 amide bonds. The molecule has 0 atom stereocenters. The van der Waals surface area contributed by atoms with Crippen molar-refractivity contribution in [2.75, 3.05) is 25.7 Å². The first-order valence-electron chi connectivity index (χ1n) is 8.13. The molecule has 0 unspecified atom stereocenters. The fourth-order valence-corrected chi connectivity index (χ4v) is 3.32. The molecule has 0 spiro atoms. The zero-order valence-corrected chi connectivity index (χ0v) is 14.2. The molecule has 0 aromatic heterocycles. The van der Waals surface area contributed by atoms with Gasteiger partial charge in [0.1, 0.15) is 12.1 Å². The maximum Gasteiger partial charge on any atom is 0.345 e. The van der Waals surface area contributed by atoms with Gasteiger partial charge in [-0.3, -0.25) is 5.32 Å². The minimum Gasteiger partial charge on any atom is -0.493 e. The van der Waals surface area contributed by atoms with Crippen molar-refractivity contribution in [3.8, 4) is 11.5 Å². The van der Waals surface area contributed by atoms with Crippen LogP contribution in [-0.4, -0.2) is 26.7 Å². The third-order valence-electron chi connectivity index (χ3n) is 4.54. The summed E-state index contributed by atoms with van der Waals surface area (Å²) in [5.41, 5.74) is 4.75. The van der Waals surface area contributed by atoms with Gasteiger partial charge in [0.15, 0.2) is 11.5 Å². The summed E-state index contributed by atoms with van der Waals surface area (Å²) in [6.45, 7) is 0.677. The molecule has 2 aromatic carbocycles. The summed E-state index contributed by atoms with van der Waals surface area (Å²) < 4.78 is 10.8. The van der Waals surface area contributed by atoms with E-state index in [1.165, 1.54) is 0 Å². The summed E-state index contributed by atoms with van der Waals surface area (Å²) >= 11 is 0. The lowest BCUT2D eigenvalue weighted by Gasteiger charge is -2.31. The Bertz CT molecular complexity index is 915. The molecule has 0 saturated heterocycles. The number of hydrogen-bond donors (Lipinski definition) is 1. The van der Waals surface area contributed by atoms with Crippen LogP contribution in [0.3, 0.4) is 0 Å². The highest BCUT2D eigenvalue weighted by atomic mass is 16.5. The highest BCUT2D eigenvalue weighted by Crippen LogP contribution is 2.42. The molecule has 5 heteroatoms. The summed E-state index contributed by atoms with van der Waals surface area (Å²) in [7, 11) is 3.23. The Morgan fingerprint density at radius 2 is 1.80 bits per heavy atom. The van der Waals surface area contributed by atoms with E-state index in [0.717, 1.165) is 28.1 Å². The van der Waals surface area contributed by atoms with Crippen molar-refractivity contribution in [1.29, 1.82) is 0 Å². The number of ether oxygens (including phenoxy) is 2. The SMILES string of the molecule is COc1ccc(N2C=C3C(=O)[NH2+]CC=C3c3ccccc32)cc1OC. The van der Waals surface area contributed by atoms with Crippen LogP contribution in [-0.2, 0) is 4.79 Å². The zero-order chi connectivity index (χ0) is 17.4. The third kappa shape index (κ3) is 2.49. The van der Waals surface area contributed by atoms with E-state index in [9.17, 15) is 4.79 Å². The number of anilines is 2. The average molecular weight is 335 g/mol. The maximum atomic E-state index is 12.4. The van der Waals surface area contributed by atoms with Gasteiger partial charge in [-0.2, -0.15) is 0 Å². The molecule has 0 fully saturated rings. The van der Waals surface area contributed by atoms with Crippen LogP contribution in [0.2, 0.25) is 0 Å². The number of amides is 1. The first-order valence-corrected chi connectivity index (χ1v) is 8.13. The van der Waals surface area contributed by atoms with E-state index in [1.54, 1.807) is 19.5 Å². The zero-order valence-electron chi connectivity index (χ0n) is 14.2. The van der Waals surface area contributed by atoms with Gasteiger partial charge < -0.3 is 14.4 Å². The number of quaternary nitrogens is 1. The molecule has 5 nitrogen and oxygen atoms in total. The lowest BCUT2D eigenvalue weighted by Crippen LogP contribution is -2.89. The first-order chi connectivity index (χ1) is 12.2. The highest BCUT2D eigenvalue weighted by molar-refractivity contribution is 6.10. The molecule has 2 aliphatic rings. The lowest BCUT2D eigenvalue weighted by atomic mass is 9.90. The Morgan fingerprint density at radius 3 is 2.60 bits per heavy atom. The molecule has 0 aliphatic carbocycles. The van der Waals surface area contributed by atoms with E-state index < -0.39 is 0 Å². The Balaban J connectivity index is 1.89. The molecule has 126 valence electrons. The average Bonchev–Trinajstić information content (AvgIpc) is 2.67. The topological polar surface area (TPSA) is 55.4 Å². The molecular weight excluding hydrogens is 316 g/mol. The number of methoxy groups -OCH3 is 2. The minimum atomic E-state index is 0.0671. The van der Waals surface area contributed by atoms with Crippen molar-refractivity contribution in [2.24, 2.45) is 0 Å². The van der Waals surface area contributed by atoms with Crippen LogP contribution in [0, 0.1) is 0 Å². The Morgan fingerprint density at radius 1 is 1.00 bits per heavy atom. The molecule has 2 aromatic rings. The number of carbonyl (C=O) groups is 1. The third-order valence-corrected chi connectivity index (χ3v) is 4.54. The first kappa shape index (κ1) is 15.5. The van der Waals surface area contributed by atoms with Crippen molar-refractivity contribution in [2.45, 2.75) is 0 Å². The molecular formula is C20H19N2O3+. The number of nitrogens with zero attached hydrogens (tertiary/aromatic N) is 1. The van der Waals surface area contributed by atoms with Crippen LogP contribution in [0.1, 0.15) is 5.56 Å². The smallest absolute Gasteiger partial charge is 0.345 e. The second-order valence-corrected chi connectivity index (χ2v) is 5.89. The molecule has 0 radical (unpaired) electrons. The predicted molar refractivity (Wildman–Crippen MR) is 96.0 cm³/mol. The van der Waals surface area contributed by atoms with Crippen LogP contribution in [0.25, 0.3) is 5.57 Å². The Hall–Kier alpha value is -3.05. The van der Waals surface area contributed by atoms with Gasteiger partial charge in [-0.15, -0.1) is 0 Å². The summed E-state index contributed by atoms with van der Waals surface area (Å²) in [5, 5.41) is 1.72. The van der Waals surface area contributed by atoms with Crippen molar-refractivity contribution in [3.63, 3.8) is 0 Å². The molecule has 2 heterocycles. The minimum absolute atomic E-state index is 0.0671. The summed E-state index contributed by atoms with van der Waals surface area (Å²) in [5.74, 6) is 1.39. The highest BCUT2D eigenvalue weighted by Gasteiger charge is 2.31.